The molecule has 2 atom stereocenters. The second-order valence-corrected chi connectivity index (χ2v) is 12.1. The van der Waals surface area contributed by atoms with E-state index in [0.29, 0.717) is 21.8 Å². The van der Waals surface area contributed by atoms with Gasteiger partial charge in [0, 0.05) is 27.8 Å². The molecule has 2 aliphatic heterocycles. The molecule has 1 fully saturated rings. The molecular formula is C25H22N6O9S3. The number of phenols is 1. The van der Waals surface area contributed by atoms with Crippen LogP contribution in [0.3, 0.4) is 0 Å². The van der Waals surface area contributed by atoms with Gasteiger partial charge in [0.2, 0.25) is 5.43 Å². The summed E-state index contributed by atoms with van der Waals surface area (Å²) in [6.45, 7) is -0.477. The number of thioether (sulfide) groups is 2. The number of nitrogens with one attached hydrogen (secondary N) is 1. The zero-order valence-corrected chi connectivity index (χ0v) is 24.2. The van der Waals surface area contributed by atoms with Crippen LogP contribution in [-0.4, -0.2) is 81.6 Å². The van der Waals surface area contributed by atoms with E-state index < -0.39 is 47.0 Å². The van der Waals surface area contributed by atoms with Gasteiger partial charge >= 0.3 is 5.97 Å². The van der Waals surface area contributed by atoms with Crippen molar-refractivity contribution in [3.63, 3.8) is 0 Å². The summed E-state index contributed by atoms with van der Waals surface area (Å²) in [5.41, 5.74) is 4.93. The van der Waals surface area contributed by atoms with Gasteiger partial charge in [-0.3, -0.25) is 19.3 Å². The first kappa shape index (κ1) is 29.8. The third-order valence-electron chi connectivity index (χ3n) is 6.22. The van der Waals surface area contributed by atoms with E-state index in [0.717, 1.165) is 33.4 Å². The maximum atomic E-state index is 13.3. The van der Waals surface area contributed by atoms with Crippen LogP contribution in [0.5, 0.6) is 11.5 Å². The molecule has 5 rings (SSSR count). The highest BCUT2D eigenvalue weighted by Crippen LogP contribution is 2.41. The molecule has 3 aromatic rings. The molecule has 1 aromatic carbocycles. The number of thiazole rings is 1. The Morgan fingerprint density at radius 3 is 2.65 bits per heavy atom. The van der Waals surface area contributed by atoms with Gasteiger partial charge in [-0.2, -0.15) is 4.73 Å². The Kier molecular flexibility index (Phi) is 8.51. The van der Waals surface area contributed by atoms with Crippen molar-refractivity contribution in [3.05, 3.63) is 74.8 Å². The summed E-state index contributed by atoms with van der Waals surface area (Å²) in [6.07, 6.45) is 0.770. The first-order valence-corrected chi connectivity index (χ1v) is 15.1. The molecule has 0 unspecified atom stereocenters. The van der Waals surface area contributed by atoms with E-state index in [4.69, 9.17) is 10.6 Å². The topological polar surface area (TPSA) is 230 Å². The Morgan fingerprint density at radius 1 is 1.23 bits per heavy atom. The normalized spacial score (nSPS) is 18.2. The molecule has 224 valence electrons. The van der Waals surface area contributed by atoms with Crippen LogP contribution in [0.1, 0.15) is 11.4 Å². The molecule has 2 amide bonds. The molecule has 7 N–H and O–H groups in total. The first-order valence-electron chi connectivity index (χ1n) is 12.2. The quantitative estimate of drug-likeness (QED) is 0.0594. The van der Waals surface area contributed by atoms with Crippen LogP contribution >= 0.6 is 34.9 Å². The minimum atomic E-state index is -1.27. The number of aliphatic carboxylic acids is 1. The average Bonchev–Trinajstić information content (AvgIpc) is 3.41. The summed E-state index contributed by atoms with van der Waals surface area (Å²) in [7, 11) is 0. The van der Waals surface area contributed by atoms with E-state index in [-0.39, 0.29) is 33.7 Å². The van der Waals surface area contributed by atoms with Gasteiger partial charge in [-0.15, -0.1) is 34.9 Å². The lowest BCUT2D eigenvalue weighted by molar-refractivity contribution is -0.150. The minimum absolute atomic E-state index is 0.0340. The van der Waals surface area contributed by atoms with Crippen LogP contribution in [0.15, 0.2) is 68.0 Å². The van der Waals surface area contributed by atoms with Gasteiger partial charge in [0.15, 0.2) is 23.2 Å². The number of hydrogen-bond acceptors (Lipinski definition) is 14. The van der Waals surface area contributed by atoms with Crippen molar-refractivity contribution in [3.8, 4) is 11.5 Å². The largest absolute Gasteiger partial charge is 0.508 e. The van der Waals surface area contributed by atoms with Gasteiger partial charge in [0.25, 0.3) is 11.8 Å². The van der Waals surface area contributed by atoms with E-state index in [1.807, 2.05) is 0 Å². The molecule has 0 radical (unpaired) electrons. The van der Waals surface area contributed by atoms with E-state index in [9.17, 15) is 39.7 Å². The minimum Gasteiger partial charge on any atom is -0.508 e. The lowest BCUT2D eigenvalue weighted by Crippen LogP contribution is -2.71. The summed E-state index contributed by atoms with van der Waals surface area (Å²) in [4.78, 5) is 61.5. The summed E-state index contributed by atoms with van der Waals surface area (Å²) >= 11 is 3.68. The smallest absolute Gasteiger partial charge is 0.352 e. The number of pyridine rings is 1. The third-order valence-corrected chi connectivity index (χ3v) is 9.33. The Morgan fingerprint density at radius 2 is 1.98 bits per heavy atom. The van der Waals surface area contributed by atoms with E-state index in [1.54, 1.807) is 12.1 Å². The van der Waals surface area contributed by atoms with E-state index >= 15 is 0 Å². The van der Waals surface area contributed by atoms with Crippen molar-refractivity contribution < 1.29 is 39.7 Å². The molecule has 0 saturated carbocycles. The first-order chi connectivity index (χ1) is 20.5. The lowest BCUT2D eigenvalue weighted by atomic mass is 10.0. The van der Waals surface area contributed by atoms with Crippen LogP contribution in [0, 0.1) is 0 Å². The Bertz CT molecular complexity index is 1720. The number of nitrogens with two attached hydrogens (primary N) is 1. The average molecular weight is 647 g/mol. The molecule has 0 bridgehead atoms. The van der Waals surface area contributed by atoms with Crippen LogP contribution in [-0.2, 0) is 25.8 Å². The van der Waals surface area contributed by atoms with Gasteiger partial charge in [0.05, 0.1) is 6.20 Å². The number of hydrogen-bond donors (Lipinski definition) is 6. The number of aromatic nitrogens is 2. The number of carboxylic acid groups (broad SMARTS) is 1. The molecule has 0 spiro atoms. The monoisotopic (exact) mass is 646 g/mol. The fraction of sp³-hybridized carbons (Fsp3) is 0.200. The molecule has 1 saturated heterocycles. The van der Waals surface area contributed by atoms with Crippen molar-refractivity contribution in [2.45, 2.75) is 22.9 Å². The Balaban J connectivity index is 1.30. The number of fused-ring (bicyclic) bond motifs is 1. The predicted octanol–water partition coefficient (Wildman–Crippen LogP) is 0.987. The fourth-order valence-electron chi connectivity index (χ4n) is 4.14. The standard InChI is InChI=1S/C25H22N6O9S3/c26-25-27-15(10-43-25)18(29-40-7-12-5-16(33)17(34)6-30(12)39)21(35)28-19-22(36)31-20(24(37)38)11(9-42-23(19)31)8-41-14-3-1-13(32)2-4-14/h1-6,10,19,23,32,34,39H,7-9H2,(H2,26,27)(H,28,35)(H,37,38)/b29-18-/t19-,23-/m1/s1. The molecule has 4 heterocycles. The van der Waals surface area contributed by atoms with Crippen LogP contribution in [0.2, 0.25) is 0 Å². The number of benzene rings is 1. The summed E-state index contributed by atoms with van der Waals surface area (Å²) in [5.74, 6) is -2.72. The Labute approximate surface area is 254 Å². The third kappa shape index (κ3) is 6.25. The van der Waals surface area contributed by atoms with Crippen LogP contribution in [0.4, 0.5) is 5.13 Å². The molecule has 43 heavy (non-hydrogen) atoms. The van der Waals surface area contributed by atoms with Gasteiger partial charge in [-0.25, -0.2) is 9.78 Å². The highest BCUT2D eigenvalue weighted by atomic mass is 32.2. The second kappa shape index (κ2) is 12.3. The number of nitrogens with zero attached hydrogens (tertiary/aromatic N) is 4. The number of rotatable bonds is 10. The number of β-lactam (4-membered cyclic amide) rings is 1. The number of anilines is 1. The number of carbonyl (C=O) groups excluding carboxylic acids is 2. The number of carboxylic acids is 1. The number of aromatic hydroxyl groups is 2. The van der Waals surface area contributed by atoms with Crippen molar-refractivity contribution in [1.82, 2.24) is 19.9 Å². The van der Waals surface area contributed by atoms with Crippen molar-refractivity contribution in [2.75, 3.05) is 17.2 Å². The lowest BCUT2D eigenvalue weighted by Gasteiger charge is -2.49. The SMILES string of the molecule is Nc1nc(/C(=N/OCc2cc(=O)c(O)cn2O)C(=O)N[C@@H]2C(=O)N3C(C(=O)O)=C(CSc4ccc(O)cc4)CS[C@H]23)cs1. The second-order valence-electron chi connectivity index (χ2n) is 9.04. The van der Waals surface area contributed by atoms with Gasteiger partial charge in [-0.05, 0) is 29.8 Å². The molecule has 15 nitrogen and oxygen atoms in total. The maximum Gasteiger partial charge on any atom is 0.352 e. The van der Waals surface area contributed by atoms with E-state index in [2.05, 4.69) is 15.5 Å². The maximum absolute atomic E-state index is 13.3. The molecule has 0 aliphatic carbocycles. The number of phenolic OH excluding ortho intramolecular Hbond substituents is 1. The van der Waals surface area contributed by atoms with Crippen molar-refractivity contribution >= 4 is 63.5 Å². The Hall–Kier alpha value is -4.68. The molecular weight excluding hydrogens is 625 g/mol. The highest BCUT2D eigenvalue weighted by molar-refractivity contribution is 8.01. The zero-order chi connectivity index (χ0) is 30.8. The molecule has 2 aliphatic rings. The summed E-state index contributed by atoms with van der Waals surface area (Å²) in [6, 6.07) is 6.29. The van der Waals surface area contributed by atoms with Gasteiger partial charge in [-0.1, -0.05) is 5.16 Å². The number of nitrogen functional groups attached to an aromatic ring is 1. The van der Waals surface area contributed by atoms with Crippen molar-refractivity contribution in [2.24, 2.45) is 5.16 Å². The molecule has 2 aromatic heterocycles. The predicted molar refractivity (Wildman–Crippen MR) is 156 cm³/mol. The number of amides is 2. The summed E-state index contributed by atoms with van der Waals surface area (Å²) < 4.78 is 0.458. The van der Waals surface area contributed by atoms with Gasteiger partial charge < -0.3 is 36.4 Å². The summed E-state index contributed by atoms with van der Waals surface area (Å²) in [5, 5.41) is 45.9. The molecule has 18 heteroatoms. The fourth-order valence-corrected chi connectivity index (χ4v) is 7.07. The van der Waals surface area contributed by atoms with Crippen molar-refractivity contribution in [1.29, 1.82) is 0 Å². The van der Waals surface area contributed by atoms with Gasteiger partial charge in [0.1, 0.15) is 34.3 Å². The van der Waals surface area contributed by atoms with E-state index in [1.165, 1.54) is 41.0 Å². The number of oxime groups is 1. The highest BCUT2D eigenvalue weighted by Gasteiger charge is 2.54. The zero-order valence-electron chi connectivity index (χ0n) is 21.7. The van der Waals surface area contributed by atoms with Crippen LogP contribution in [0.25, 0.3) is 0 Å². The van der Waals surface area contributed by atoms with Crippen LogP contribution < -0.4 is 16.5 Å². The number of carbonyl (C=O) groups is 3.